The summed E-state index contributed by atoms with van der Waals surface area (Å²) in [6.45, 7) is 3.23. The van der Waals surface area contributed by atoms with E-state index in [9.17, 15) is 15.3 Å². The van der Waals surface area contributed by atoms with Crippen molar-refractivity contribution >= 4 is 0 Å². The minimum atomic E-state index is -1.14. The second-order valence-electron chi connectivity index (χ2n) is 7.38. The summed E-state index contributed by atoms with van der Waals surface area (Å²) in [5.74, 6) is 0. The van der Waals surface area contributed by atoms with E-state index in [2.05, 4.69) is 6.92 Å². The Bertz CT molecular complexity index is 300. The van der Waals surface area contributed by atoms with Crippen LogP contribution in [0.15, 0.2) is 0 Å². The Kier molecular flexibility index (Phi) is 13.6. The van der Waals surface area contributed by atoms with Crippen molar-refractivity contribution in [3.63, 3.8) is 0 Å². The lowest BCUT2D eigenvalue weighted by Gasteiger charge is -2.35. The smallest absolute Gasteiger partial charge is 0.111 e. The number of aliphatic hydroxyl groups is 3. The van der Waals surface area contributed by atoms with Crippen LogP contribution in [0.5, 0.6) is 0 Å². The van der Waals surface area contributed by atoms with Crippen molar-refractivity contribution in [2.45, 2.75) is 108 Å². The monoisotopic (exact) mass is 360 g/mol. The van der Waals surface area contributed by atoms with Crippen LogP contribution in [0.2, 0.25) is 0 Å². The number of aliphatic hydroxyl groups excluding tert-OH is 3. The zero-order valence-corrected chi connectivity index (χ0v) is 16.1. The molecule has 0 saturated carbocycles. The fourth-order valence-electron chi connectivity index (χ4n) is 3.26. The van der Waals surface area contributed by atoms with E-state index in [-0.39, 0.29) is 13.2 Å². The van der Waals surface area contributed by atoms with Gasteiger partial charge in [-0.15, -0.1) is 0 Å². The van der Waals surface area contributed by atoms with Crippen molar-refractivity contribution in [2.24, 2.45) is 0 Å². The van der Waals surface area contributed by atoms with Crippen LogP contribution in [-0.2, 0) is 9.47 Å². The SMILES string of the molecule is CCCCCCCCCCCCCCOC[C@H]1OC[C@H](O)[C@@H](O)[C@@H]1O. The van der Waals surface area contributed by atoms with E-state index in [1.54, 1.807) is 0 Å². The summed E-state index contributed by atoms with van der Waals surface area (Å²) in [5, 5.41) is 28.8. The van der Waals surface area contributed by atoms with Crippen LogP contribution >= 0.6 is 0 Å². The molecule has 1 fully saturated rings. The molecular weight excluding hydrogens is 320 g/mol. The molecule has 25 heavy (non-hydrogen) atoms. The van der Waals surface area contributed by atoms with Crippen LogP contribution in [0.3, 0.4) is 0 Å². The molecule has 0 unspecified atom stereocenters. The van der Waals surface area contributed by atoms with Gasteiger partial charge in [0.1, 0.15) is 24.4 Å². The van der Waals surface area contributed by atoms with E-state index in [0.29, 0.717) is 6.61 Å². The van der Waals surface area contributed by atoms with E-state index in [0.717, 1.165) is 6.42 Å². The van der Waals surface area contributed by atoms with Gasteiger partial charge in [0.2, 0.25) is 0 Å². The molecular formula is C20H40O5. The summed E-state index contributed by atoms with van der Waals surface area (Å²) >= 11 is 0. The maximum atomic E-state index is 9.80. The second kappa shape index (κ2) is 14.9. The highest BCUT2D eigenvalue weighted by atomic mass is 16.6. The Morgan fingerprint density at radius 3 is 1.84 bits per heavy atom. The molecule has 1 saturated heterocycles. The van der Waals surface area contributed by atoms with Gasteiger partial charge in [0.15, 0.2) is 0 Å². The Hall–Kier alpha value is -0.200. The summed E-state index contributed by atoms with van der Waals surface area (Å²) in [6, 6.07) is 0. The van der Waals surface area contributed by atoms with Gasteiger partial charge in [-0.1, -0.05) is 77.6 Å². The lowest BCUT2D eigenvalue weighted by atomic mass is 10.0. The van der Waals surface area contributed by atoms with Crippen molar-refractivity contribution in [3.8, 4) is 0 Å². The lowest BCUT2D eigenvalue weighted by Crippen LogP contribution is -2.54. The van der Waals surface area contributed by atoms with E-state index in [4.69, 9.17) is 9.47 Å². The van der Waals surface area contributed by atoms with Crippen molar-refractivity contribution in [1.29, 1.82) is 0 Å². The standard InChI is InChI=1S/C20H40O5/c1-2-3-4-5-6-7-8-9-10-11-12-13-14-24-16-18-20(23)19(22)17(21)15-25-18/h17-23H,2-16H2,1H3/t17-,18+,19+,20+/m0/s1. The third-order valence-electron chi connectivity index (χ3n) is 5.03. The molecule has 0 spiro atoms. The molecule has 4 atom stereocenters. The predicted octanol–water partition coefficient (Wildman–Crippen LogP) is 3.19. The first-order valence-electron chi connectivity index (χ1n) is 10.4. The van der Waals surface area contributed by atoms with Crippen LogP contribution < -0.4 is 0 Å². The molecule has 1 aliphatic heterocycles. The van der Waals surface area contributed by atoms with Crippen LogP contribution in [0.25, 0.3) is 0 Å². The van der Waals surface area contributed by atoms with Crippen LogP contribution in [-0.4, -0.2) is 59.6 Å². The molecule has 0 aromatic rings. The van der Waals surface area contributed by atoms with Gasteiger partial charge in [-0.05, 0) is 6.42 Å². The van der Waals surface area contributed by atoms with Crippen molar-refractivity contribution in [1.82, 2.24) is 0 Å². The summed E-state index contributed by atoms with van der Waals surface area (Å²) in [4.78, 5) is 0. The molecule has 0 aromatic carbocycles. The van der Waals surface area contributed by atoms with Crippen molar-refractivity contribution < 1.29 is 24.8 Å². The average Bonchev–Trinajstić information content (AvgIpc) is 2.61. The van der Waals surface area contributed by atoms with Gasteiger partial charge in [-0.25, -0.2) is 0 Å². The maximum absolute atomic E-state index is 9.80. The highest BCUT2D eigenvalue weighted by molar-refractivity contribution is 4.86. The molecule has 5 heteroatoms. The Morgan fingerprint density at radius 2 is 1.28 bits per heavy atom. The molecule has 0 radical (unpaired) electrons. The van der Waals surface area contributed by atoms with Gasteiger partial charge >= 0.3 is 0 Å². The first-order chi connectivity index (χ1) is 12.2. The molecule has 1 aliphatic rings. The first-order valence-corrected chi connectivity index (χ1v) is 10.4. The van der Waals surface area contributed by atoms with E-state index >= 15 is 0 Å². The van der Waals surface area contributed by atoms with E-state index in [1.807, 2.05) is 0 Å². The number of ether oxygens (including phenoxy) is 2. The van der Waals surface area contributed by atoms with E-state index in [1.165, 1.54) is 70.6 Å². The molecule has 1 rings (SSSR count). The molecule has 0 aliphatic carbocycles. The molecule has 150 valence electrons. The summed E-state index contributed by atoms with van der Waals surface area (Å²) < 4.78 is 10.8. The summed E-state index contributed by atoms with van der Waals surface area (Å²) in [7, 11) is 0. The van der Waals surface area contributed by atoms with Crippen molar-refractivity contribution in [3.05, 3.63) is 0 Å². The predicted molar refractivity (Wildman–Crippen MR) is 99.7 cm³/mol. The van der Waals surface area contributed by atoms with Crippen LogP contribution in [0.4, 0.5) is 0 Å². The van der Waals surface area contributed by atoms with Crippen LogP contribution in [0, 0.1) is 0 Å². The third kappa shape index (κ3) is 10.5. The Morgan fingerprint density at radius 1 is 0.760 bits per heavy atom. The molecule has 3 N–H and O–H groups in total. The second-order valence-corrected chi connectivity index (χ2v) is 7.38. The van der Waals surface area contributed by atoms with Crippen LogP contribution in [0.1, 0.15) is 84.0 Å². The third-order valence-corrected chi connectivity index (χ3v) is 5.03. The number of hydrogen-bond donors (Lipinski definition) is 3. The molecule has 0 amide bonds. The van der Waals surface area contributed by atoms with Gasteiger partial charge in [0.25, 0.3) is 0 Å². The highest BCUT2D eigenvalue weighted by Gasteiger charge is 2.37. The molecule has 5 nitrogen and oxygen atoms in total. The van der Waals surface area contributed by atoms with Crippen molar-refractivity contribution in [2.75, 3.05) is 19.8 Å². The first kappa shape index (κ1) is 22.8. The number of hydrogen-bond acceptors (Lipinski definition) is 5. The lowest BCUT2D eigenvalue weighted by molar-refractivity contribution is -0.199. The van der Waals surface area contributed by atoms with Gasteiger partial charge in [-0.2, -0.15) is 0 Å². The van der Waals surface area contributed by atoms with Gasteiger partial charge in [0, 0.05) is 6.61 Å². The Balaban J connectivity index is 1.82. The Labute approximate surface area is 153 Å². The maximum Gasteiger partial charge on any atom is 0.111 e. The average molecular weight is 361 g/mol. The number of rotatable bonds is 15. The molecule has 0 bridgehead atoms. The minimum absolute atomic E-state index is 0.0465. The number of unbranched alkanes of at least 4 members (excludes halogenated alkanes) is 11. The van der Waals surface area contributed by atoms with E-state index < -0.39 is 24.4 Å². The fourth-order valence-corrected chi connectivity index (χ4v) is 3.26. The molecule has 0 aromatic heterocycles. The van der Waals surface area contributed by atoms with Gasteiger partial charge < -0.3 is 24.8 Å². The molecule has 1 heterocycles. The highest BCUT2D eigenvalue weighted by Crippen LogP contribution is 2.16. The van der Waals surface area contributed by atoms with Gasteiger partial charge in [-0.3, -0.25) is 0 Å². The minimum Gasteiger partial charge on any atom is -0.388 e. The zero-order chi connectivity index (χ0) is 18.3. The largest absolute Gasteiger partial charge is 0.388 e. The normalized spacial score (nSPS) is 26.9. The summed E-state index contributed by atoms with van der Waals surface area (Å²) in [5.41, 5.74) is 0. The quantitative estimate of drug-likeness (QED) is 0.391. The fraction of sp³-hybridized carbons (Fsp3) is 1.00. The van der Waals surface area contributed by atoms with Gasteiger partial charge in [0.05, 0.1) is 13.2 Å². The topological polar surface area (TPSA) is 79.2 Å². The summed E-state index contributed by atoms with van der Waals surface area (Å²) in [6.07, 6.45) is 12.0. The zero-order valence-electron chi connectivity index (χ0n) is 16.1.